The third-order valence-corrected chi connectivity index (χ3v) is 1.56. The molecule has 2 heterocycles. The zero-order valence-corrected chi connectivity index (χ0v) is 6.95. The maximum Gasteiger partial charge on any atom is 0.325 e. The summed E-state index contributed by atoms with van der Waals surface area (Å²) in [5.41, 5.74) is 0.580. The lowest BCUT2D eigenvalue weighted by atomic mass is 10.4. The molecule has 0 aromatic carbocycles. The number of carboxylic acids is 1. The fourth-order valence-electron chi connectivity index (χ4n) is 1.01. The molecule has 2 N–H and O–H groups in total. The molecule has 0 aliphatic rings. The highest BCUT2D eigenvalue weighted by molar-refractivity contribution is 5.67. The van der Waals surface area contributed by atoms with E-state index < -0.39 is 5.97 Å². The first kappa shape index (κ1) is 8.35. The van der Waals surface area contributed by atoms with Gasteiger partial charge < -0.3 is 5.11 Å². The first-order chi connectivity index (χ1) is 6.77. The van der Waals surface area contributed by atoms with E-state index in [0.717, 1.165) is 0 Å². The molecule has 0 atom stereocenters. The van der Waals surface area contributed by atoms with Crippen LogP contribution in [0.3, 0.4) is 0 Å². The fraction of sp³-hybridized carbons (Fsp3) is 0.167. The summed E-state index contributed by atoms with van der Waals surface area (Å²) in [6.45, 7) is -0.276. The van der Waals surface area contributed by atoms with Gasteiger partial charge in [0.25, 0.3) is 0 Å². The molecule has 0 unspecified atom stereocenters. The van der Waals surface area contributed by atoms with Crippen LogP contribution in [0.2, 0.25) is 0 Å². The molecule has 0 spiro atoms. The number of carboxylic acid groups (broad SMARTS) is 1. The normalized spacial score (nSPS) is 10.3. The molecular weight excluding hydrogens is 188 g/mol. The number of nitrogens with zero attached hydrogens (tertiary/aromatic N) is 5. The van der Waals surface area contributed by atoms with Gasteiger partial charge in [0.2, 0.25) is 5.82 Å². The summed E-state index contributed by atoms with van der Waals surface area (Å²) in [7, 11) is 0. The van der Waals surface area contributed by atoms with Crippen molar-refractivity contribution < 1.29 is 9.90 Å². The van der Waals surface area contributed by atoms with Crippen molar-refractivity contribution >= 4 is 5.97 Å². The Labute approximate surface area is 77.6 Å². The highest BCUT2D eigenvalue weighted by atomic mass is 16.4. The van der Waals surface area contributed by atoms with Gasteiger partial charge in [-0.3, -0.25) is 9.89 Å². The van der Waals surface area contributed by atoms with Crippen molar-refractivity contribution in [3.63, 3.8) is 0 Å². The zero-order valence-electron chi connectivity index (χ0n) is 6.95. The molecule has 0 radical (unpaired) electrons. The van der Waals surface area contributed by atoms with E-state index in [9.17, 15) is 4.79 Å². The van der Waals surface area contributed by atoms with E-state index in [-0.39, 0.29) is 6.54 Å². The summed E-state index contributed by atoms with van der Waals surface area (Å²) in [4.78, 5) is 10.4. The van der Waals surface area contributed by atoms with Crippen LogP contribution in [0.15, 0.2) is 12.3 Å². The van der Waals surface area contributed by atoms with Gasteiger partial charge in [-0.1, -0.05) is 0 Å². The molecule has 0 bridgehead atoms. The van der Waals surface area contributed by atoms with Crippen LogP contribution in [-0.2, 0) is 11.3 Å². The maximum absolute atomic E-state index is 10.4. The van der Waals surface area contributed by atoms with Gasteiger partial charge in [-0.15, -0.1) is 5.10 Å². The smallest absolute Gasteiger partial charge is 0.325 e. The summed E-state index contributed by atoms with van der Waals surface area (Å²) in [6.07, 6.45) is 1.54. The number of hydrogen-bond acceptors (Lipinski definition) is 5. The van der Waals surface area contributed by atoms with Gasteiger partial charge in [0.15, 0.2) is 0 Å². The average molecular weight is 194 g/mol. The quantitative estimate of drug-likeness (QED) is 0.658. The van der Waals surface area contributed by atoms with Crippen molar-refractivity contribution in [2.75, 3.05) is 0 Å². The third-order valence-electron chi connectivity index (χ3n) is 1.56. The van der Waals surface area contributed by atoms with E-state index in [1.807, 2.05) is 0 Å². The van der Waals surface area contributed by atoms with Crippen LogP contribution in [0.1, 0.15) is 0 Å². The maximum atomic E-state index is 10.4. The Hall–Kier alpha value is -2.25. The molecule has 2 aromatic heterocycles. The van der Waals surface area contributed by atoms with Crippen LogP contribution in [0.25, 0.3) is 11.5 Å². The van der Waals surface area contributed by atoms with Crippen molar-refractivity contribution in [2.24, 2.45) is 0 Å². The number of rotatable bonds is 3. The predicted octanol–water partition coefficient (Wildman–Crippen LogP) is -0.852. The molecule has 0 fully saturated rings. The van der Waals surface area contributed by atoms with E-state index in [1.165, 1.54) is 10.9 Å². The van der Waals surface area contributed by atoms with E-state index in [4.69, 9.17) is 5.11 Å². The lowest BCUT2D eigenvalue weighted by Gasteiger charge is -1.97. The van der Waals surface area contributed by atoms with Crippen LogP contribution >= 0.6 is 0 Å². The Kier molecular flexibility index (Phi) is 1.94. The topological polar surface area (TPSA) is 110 Å². The number of carbonyl (C=O) groups is 1. The number of aromatic amines is 1. The van der Waals surface area contributed by atoms with Gasteiger partial charge in [0, 0.05) is 6.20 Å². The standard InChI is InChI=1S/C6H6N6O2/c13-5(14)3-12-6(9-10-11-12)4-1-2-7-8-4/h1-2H,3H2,(H,7,8)(H,13,14). The fourth-order valence-corrected chi connectivity index (χ4v) is 1.01. The molecular formula is C6H6N6O2. The monoisotopic (exact) mass is 194 g/mol. The minimum Gasteiger partial charge on any atom is -0.480 e. The summed E-state index contributed by atoms with van der Waals surface area (Å²) in [6, 6.07) is 1.66. The van der Waals surface area contributed by atoms with Gasteiger partial charge in [0.1, 0.15) is 12.2 Å². The second-order valence-electron chi connectivity index (χ2n) is 2.52. The van der Waals surface area contributed by atoms with Gasteiger partial charge in [-0.05, 0) is 16.5 Å². The minimum atomic E-state index is -1.00. The lowest BCUT2D eigenvalue weighted by Crippen LogP contribution is -2.11. The van der Waals surface area contributed by atoms with Crippen molar-refractivity contribution in [3.05, 3.63) is 12.3 Å². The Morgan fingerprint density at radius 2 is 2.50 bits per heavy atom. The van der Waals surface area contributed by atoms with Crippen molar-refractivity contribution in [2.45, 2.75) is 6.54 Å². The minimum absolute atomic E-state index is 0.276. The van der Waals surface area contributed by atoms with Gasteiger partial charge >= 0.3 is 5.97 Å². The number of nitrogens with one attached hydrogen (secondary N) is 1. The Bertz CT molecular complexity index is 433. The van der Waals surface area contributed by atoms with Crippen LogP contribution in [0, 0.1) is 0 Å². The summed E-state index contributed by atoms with van der Waals surface area (Å²) < 4.78 is 1.18. The van der Waals surface area contributed by atoms with Crippen LogP contribution < -0.4 is 0 Å². The number of H-pyrrole nitrogens is 1. The summed E-state index contributed by atoms with van der Waals surface area (Å²) in [5, 5.41) is 25.5. The van der Waals surface area contributed by atoms with Crippen molar-refractivity contribution in [1.82, 2.24) is 30.4 Å². The molecule has 0 aliphatic heterocycles. The van der Waals surface area contributed by atoms with E-state index in [1.54, 1.807) is 6.07 Å². The first-order valence-electron chi connectivity index (χ1n) is 3.75. The number of aromatic nitrogens is 6. The predicted molar refractivity (Wildman–Crippen MR) is 43.0 cm³/mol. The van der Waals surface area contributed by atoms with Crippen molar-refractivity contribution in [3.8, 4) is 11.5 Å². The highest BCUT2D eigenvalue weighted by Crippen LogP contribution is 2.10. The van der Waals surface area contributed by atoms with Crippen LogP contribution in [0.4, 0.5) is 0 Å². The Morgan fingerprint density at radius 3 is 3.14 bits per heavy atom. The average Bonchev–Trinajstić information content (AvgIpc) is 2.70. The number of aliphatic carboxylic acids is 1. The largest absolute Gasteiger partial charge is 0.480 e. The Morgan fingerprint density at radius 1 is 1.64 bits per heavy atom. The van der Waals surface area contributed by atoms with Crippen LogP contribution in [-0.4, -0.2) is 41.5 Å². The lowest BCUT2D eigenvalue weighted by molar-refractivity contribution is -0.137. The Balaban J connectivity index is 2.35. The van der Waals surface area contributed by atoms with E-state index in [0.29, 0.717) is 11.5 Å². The molecule has 14 heavy (non-hydrogen) atoms. The van der Waals surface area contributed by atoms with Gasteiger partial charge in [-0.25, -0.2) is 4.68 Å². The molecule has 2 aromatic rings. The van der Waals surface area contributed by atoms with E-state index in [2.05, 4.69) is 25.7 Å². The number of tetrazole rings is 1. The third kappa shape index (κ3) is 1.44. The molecule has 2 rings (SSSR count). The molecule has 0 amide bonds. The molecule has 8 heteroatoms. The second kappa shape index (κ2) is 3.24. The summed E-state index contributed by atoms with van der Waals surface area (Å²) >= 11 is 0. The van der Waals surface area contributed by atoms with Crippen LogP contribution in [0.5, 0.6) is 0 Å². The van der Waals surface area contributed by atoms with Crippen molar-refractivity contribution in [1.29, 1.82) is 0 Å². The second-order valence-corrected chi connectivity index (χ2v) is 2.52. The first-order valence-corrected chi connectivity index (χ1v) is 3.75. The molecule has 8 nitrogen and oxygen atoms in total. The van der Waals surface area contributed by atoms with Gasteiger partial charge in [0.05, 0.1) is 0 Å². The van der Waals surface area contributed by atoms with E-state index >= 15 is 0 Å². The molecule has 72 valence electrons. The zero-order chi connectivity index (χ0) is 9.97. The SMILES string of the molecule is O=C(O)Cn1nnnc1-c1ccn[nH]1. The summed E-state index contributed by atoms with van der Waals surface area (Å²) in [5.74, 6) is -0.650. The molecule has 0 saturated carbocycles. The number of hydrogen-bond donors (Lipinski definition) is 2. The molecule has 0 aliphatic carbocycles. The van der Waals surface area contributed by atoms with Gasteiger partial charge in [-0.2, -0.15) is 5.10 Å². The molecule has 0 saturated heterocycles. The highest BCUT2D eigenvalue weighted by Gasteiger charge is 2.11.